The summed E-state index contributed by atoms with van der Waals surface area (Å²) >= 11 is 1.78. The van der Waals surface area contributed by atoms with E-state index in [1.54, 1.807) is 30.8 Å². The Hall–Kier alpha value is -2.08. The molecule has 0 radical (unpaired) electrons. The van der Waals surface area contributed by atoms with Gasteiger partial charge in [0, 0.05) is 45.8 Å². The summed E-state index contributed by atoms with van der Waals surface area (Å²) in [6.45, 7) is 1.75. The van der Waals surface area contributed by atoms with Gasteiger partial charge in [0.1, 0.15) is 0 Å². The summed E-state index contributed by atoms with van der Waals surface area (Å²) in [5, 5.41) is 14.8. The van der Waals surface area contributed by atoms with Crippen LogP contribution in [0.15, 0.2) is 40.1 Å². The van der Waals surface area contributed by atoms with E-state index in [1.807, 2.05) is 6.07 Å². The van der Waals surface area contributed by atoms with E-state index in [0.717, 1.165) is 41.8 Å². The summed E-state index contributed by atoms with van der Waals surface area (Å²) in [5.41, 5.74) is 4.68. The normalized spacial score (nSPS) is 23.0. The maximum absolute atomic E-state index is 12.5. The number of nitro benzene ring substituents is 1. The zero-order valence-electron chi connectivity index (χ0n) is 13.4. The zero-order chi connectivity index (χ0) is 16.8. The Kier molecular flexibility index (Phi) is 3.72. The second kappa shape index (κ2) is 5.77. The molecule has 2 aliphatic heterocycles. The molecule has 1 atom stereocenters. The van der Waals surface area contributed by atoms with Crippen molar-refractivity contribution >= 4 is 23.2 Å². The van der Waals surface area contributed by atoms with E-state index in [-0.39, 0.29) is 22.3 Å². The predicted octanol–water partition coefficient (Wildman–Crippen LogP) is 3.95. The Balaban J connectivity index is 1.88. The molecular weight excluding hydrogens is 324 g/mol. The molecule has 5 nitrogen and oxygen atoms in total. The maximum Gasteiger partial charge on any atom is 0.272 e. The molecule has 6 heteroatoms. The predicted molar refractivity (Wildman–Crippen MR) is 93.7 cm³/mol. The number of carbonyl (C=O) groups is 1. The minimum absolute atomic E-state index is 0.126. The van der Waals surface area contributed by atoms with Gasteiger partial charge in [-0.05, 0) is 37.5 Å². The highest BCUT2D eigenvalue weighted by atomic mass is 32.2. The number of nitro groups is 1. The number of dihydropyridines is 1. The van der Waals surface area contributed by atoms with Crippen LogP contribution in [0.3, 0.4) is 0 Å². The fourth-order valence-electron chi connectivity index (χ4n) is 3.80. The van der Waals surface area contributed by atoms with Crippen LogP contribution in [0.1, 0.15) is 42.7 Å². The molecule has 3 aliphatic rings. The van der Waals surface area contributed by atoms with Crippen molar-refractivity contribution in [2.45, 2.75) is 38.5 Å². The summed E-state index contributed by atoms with van der Waals surface area (Å²) < 4.78 is 0. The molecule has 1 aromatic rings. The maximum atomic E-state index is 12.5. The quantitative estimate of drug-likeness (QED) is 0.651. The van der Waals surface area contributed by atoms with Gasteiger partial charge in [-0.1, -0.05) is 12.1 Å². The Morgan fingerprint density at radius 1 is 1.25 bits per heavy atom. The van der Waals surface area contributed by atoms with Crippen molar-refractivity contribution in [1.29, 1.82) is 0 Å². The topological polar surface area (TPSA) is 72.2 Å². The van der Waals surface area contributed by atoms with E-state index < -0.39 is 0 Å². The lowest BCUT2D eigenvalue weighted by molar-refractivity contribution is -0.385. The molecule has 0 saturated heterocycles. The highest BCUT2D eigenvalue weighted by Gasteiger charge is 2.39. The van der Waals surface area contributed by atoms with E-state index in [9.17, 15) is 14.9 Å². The molecule has 0 aromatic heterocycles. The lowest BCUT2D eigenvalue weighted by Gasteiger charge is -2.33. The molecule has 0 saturated carbocycles. The van der Waals surface area contributed by atoms with Gasteiger partial charge in [-0.3, -0.25) is 14.9 Å². The Bertz CT molecular complexity index is 826. The van der Waals surface area contributed by atoms with Crippen LogP contribution in [0.25, 0.3) is 0 Å². The fraction of sp³-hybridized carbons (Fsp3) is 0.389. The number of hydrogen-bond donors (Lipinski definition) is 1. The van der Waals surface area contributed by atoms with Crippen molar-refractivity contribution in [2.24, 2.45) is 0 Å². The average molecular weight is 342 g/mol. The third-order valence-corrected chi connectivity index (χ3v) is 6.26. The van der Waals surface area contributed by atoms with Crippen LogP contribution >= 0.6 is 11.8 Å². The summed E-state index contributed by atoms with van der Waals surface area (Å²) in [4.78, 5) is 24.7. The van der Waals surface area contributed by atoms with Crippen LogP contribution in [0.2, 0.25) is 0 Å². The lowest BCUT2D eigenvalue weighted by Crippen LogP contribution is -2.27. The minimum atomic E-state index is -0.338. The third-order valence-electron chi connectivity index (χ3n) is 4.97. The Labute approximate surface area is 144 Å². The SMILES string of the molecule is Cc1ccc(C2C3=C(CCCS3)NC3=C2C(=O)CC3)cc1[N+](=O)[O-]. The van der Waals surface area contributed by atoms with E-state index in [2.05, 4.69) is 5.32 Å². The minimum Gasteiger partial charge on any atom is -0.361 e. The molecule has 4 rings (SSSR count). The van der Waals surface area contributed by atoms with Crippen LogP contribution in [0.4, 0.5) is 5.69 Å². The van der Waals surface area contributed by atoms with Gasteiger partial charge in [0.25, 0.3) is 5.69 Å². The summed E-state index contributed by atoms with van der Waals surface area (Å²) in [5.74, 6) is 1.06. The molecule has 1 N–H and O–H groups in total. The third kappa shape index (κ3) is 2.36. The van der Waals surface area contributed by atoms with Crippen molar-refractivity contribution in [2.75, 3.05) is 5.75 Å². The van der Waals surface area contributed by atoms with E-state index in [4.69, 9.17) is 0 Å². The molecule has 0 fully saturated rings. The second-order valence-electron chi connectivity index (χ2n) is 6.47. The van der Waals surface area contributed by atoms with Crippen molar-refractivity contribution in [3.05, 3.63) is 61.3 Å². The first-order valence-corrected chi connectivity index (χ1v) is 9.19. The lowest BCUT2D eigenvalue weighted by atomic mass is 9.85. The summed E-state index contributed by atoms with van der Waals surface area (Å²) in [6.07, 6.45) is 3.39. The van der Waals surface area contributed by atoms with Crippen molar-refractivity contribution in [3.8, 4) is 0 Å². The number of aryl methyl sites for hydroxylation is 1. The van der Waals surface area contributed by atoms with Gasteiger partial charge in [-0.2, -0.15) is 0 Å². The second-order valence-corrected chi connectivity index (χ2v) is 7.61. The first-order valence-electron chi connectivity index (χ1n) is 8.20. The van der Waals surface area contributed by atoms with Crippen LogP contribution in [0.5, 0.6) is 0 Å². The molecule has 0 bridgehead atoms. The average Bonchev–Trinajstić information content (AvgIpc) is 2.94. The number of carbonyl (C=O) groups excluding carboxylic acids is 1. The van der Waals surface area contributed by atoms with E-state index in [0.29, 0.717) is 12.0 Å². The van der Waals surface area contributed by atoms with Crippen LogP contribution in [-0.2, 0) is 4.79 Å². The van der Waals surface area contributed by atoms with Crippen LogP contribution in [-0.4, -0.2) is 16.5 Å². The van der Waals surface area contributed by atoms with Gasteiger partial charge in [0.2, 0.25) is 0 Å². The summed E-state index contributed by atoms with van der Waals surface area (Å²) in [6, 6.07) is 5.39. The van der Waals surface area contributed by atoms with E-state index >= 15 is 0 Å². The summed E-state index contributed by atoms with van der Waals surface area (Å²) in [7, 11) is 0. The molecule has 0 spiro atoms. The number of benzene rings is 1. The van der Waals surface area contributed by atoms with Crippen LogP contribution < -0.4 is 5.32 Å². The zero-order valence-corrected chi connectivity index (χ0v) is 14.2. The number of nitrogens with one attached hydrogen (secondary N) is 1. The van der Waals surface area contributed by atoms with Gasteiger partial charge in [0.05, 0.1) is 4.92 Å². The molecule has 1 aromatic carbocycles. The molecular formula is C18H18N2O3S. The number of ketones is 1. The van der Waals surface area contributed by atoms with Crippen LogP contribution in [0, 0.1) is 17.0 Å². The van der Waals surface area contributed by atoms with Crippen molar-refractivity contribution < 1.29 is 9.72 Å². The van der Waals surface area contributed by atoms with Crippen molar-refractivity contribution in [3.63, 3.8) is 0 Å². The van der Waals surface area contributed by atoms with Gasteiger partial charge in [-0.25, -0.2) is 0 Å². The number of hydrogen-bond acceptors (Lipinski definition) is 5. The fourth-order valence-corrected chi connectivity index (χ4v) is 5.05. The van der Waals surface area contributed by atoms with Crippen molar-refractivity contribution in [1.82, 2.24) is 5.32 Å². The first kappa shape index (κ1) is 15.4. The Morgan fingerprint density at radius 3 is 2.88 bits per heavy atom. The van der Waals surface area contributed by atoms with Gasteiger partial charge < -0.3 is 5.32 Å². The number of nitrogens with zero attached hydrogens (tertiary/aromatic N) is 1. The highest BCUT2D eigenvalue weighted by molar-refractivity contribution is 8.03. The van der Waals surface area contributed by atoms with Gasteiger partial charge in [0.15, 0.2) is 5.78 Å². The number of rotatable bonds is 2. The molecule has 0 amide bonds. The molecule has 1 aliphatic carbocycles. The largest absolute Gasteiger partial charge is 0.361 e. The van der Waals surface area contributed by atoms with Gasteiger partial charge >= 0.3 is 0 Å². The standard InChI is InChI=1S/C18H18N2O3S/c1-10-4-5-11(9-14(10)20(22)23)16-17-12(6-7-15(17)21)19-13-3-2-8-24-18(13)16/h4-5,9,16,19H,2-3,6-8H2,1H3. The number of thioether (sulfide) groups is 1. The monoisotopic (exact) mass is 342 g/mol. The Morgan fingerprint density at radius 2 is 2.08 bits per heavy atom. The number of Topliss-reactive ketones (excluding diaryl/α,β-unsaturated/α-hetero) is 1. The number of allylic oxidation sites excluding steroid dienone is 4. The highest BCUT2D eigenvalue weighted by Crippen LogP contribution is 2.50. The molecule has 2 heterocycles. The van der Waals surface area contributed by atoms with E-state index in [1.165, 1.54) is 10.6 Å². The first-order chi connectivity index (χ1) is 11.6. The van der Waals surface area contributed by atoms with Gasteiger partial charge in [-0.15, -0.1) is 11.8 Å². The molecule has 1 unspecified atom stereocenters. The smallest absolute Gasteiger partial charge is 0.272 e. The molecule has 124 valence electrons. The molecule has 24 heavy (non-hydrogen) atoms.